The molecule has 0 fully saturated rings. The molecule has 5 heteroatoms. The van der Waals surface area contributed by atoms with Crippen LogP contribution in [0.25, 0.3) is 0 Å². The topological polar surface area (TPSA) is 43.6 Å². The molecule has 0 saturated carbocycles. The number of nitrogens with zero attached hydrogens (tertiary/aromatic N) is 4. The largest absolute Gasteiger partial charge is 0.220 e. The predicted octanol–water partition coefficient (Wildman–Crippen LogP) is 0.0690. The second-order valence-corrected chi connectivity index (χ2v) is 1.82. The Hall–Kier alpha value is -0.640. The minimum Gasteiger partial charge on any atom is -0.220 e. The molecule has 0 unspecified atom stereocenters. The third-order valence-corrected chi connectivity index (χ3v) is 1.08. The lowest BCUT2D eigenvalue weighted by Gasteiger charge is -1.83. The molecule has 9 heavy (non-hydrogen) atoms. The number of hydrogen-bond donors (Lipinski definition) is 0. The Morgan fingerprint density at radius 1 is 1.67 bits per heavy atom. The van der Waals surface area contributed by atoms with Gasteiger partial charge in [-0.15, -0.1) is 5.10 Å². The summed E-state index contributed by atoms with van der Waals surface area (Å²) < 4.78 is 4.27. The molecule has 0 saturated heterocycles. The normalized spacial score (nSPS) is 8.11. The molecule has 0 aromatic carbocycles. The zero-order valence-corrected chi connectivity index (χ0v) is 6.61. The highest BCUT2D eigenvalue weighted by molar-refractivity contribution is 14.1. The minimum absolute atomic E-state index is 0.565. The Balaban J connectivity index is 2.54. The van der Waals surface area contributed by atoms with Gasteiger partial charge in [0.1, 0.15) is 12.9 Å². The first-order valence-electron chi connectivity index (χ1n) is 2.23. The molecule has 0 N–H and O–H groups in total. The van der Waals surface area contributed by atoms with Gasteiger partial charge in [0, 0.05) is 22.6 Å². The molecule has 0 atom stereocenters. The molecule has 46 valence electrons. The zero-order chi connectivity index (χ0) is 6.53. The molecule has 0 bridgehead atoms. The molecular weight excluding hydrogens is 231 g/mol. The summed E-state index contributed by atoms with van der Waals surface area (Å²) in [5, 5.41) is 10.5. The highest BCUT2D eigenvalue weighted by Crippen LogP contribution is 1.76. The first kappa shape index (κ1) is 6.48. The smallest absolute Gasteiger partial charge is 0.139 e. The van der Waals surface area contributed by atoms with Gasteiger partial charge < -0.3 is 0 Å². The molecule has 0 aliphatic rings. The average molecular weight is 234 g/mol. The zero-order valence-electron chi connectivity index (χ0n) is 4.45. The summed E-state index contributed by atoms with van der Waals surface area (Å²) >= 11 is 1.97. The Morgan fingerprint density at radius 3 is 3.11 bits per heavy atom. The molecule has 0 radical (unpaired) electrons. The van der Waals surface area contributed by atoms with Crippen LogP contribution < -0.4 is 0 Å². The summed E-state index contributed by atoms with van der Waals surface area (Å²) in [5.74, 6) is 2.81. The first-order chi connectivity index (χ1) is 4.43. The lowest BCUT2D eigenvalue weighted by molar-refractivity contribution is 0.670. The Morgan fingerprint density at radius 2 is 2.56 bits per heavy atom. The van der Waals surface area contributed by atoms with Crippen molar-refractivity contribution < 1.29 is 0 Å². The Labute approximate surface area is 65.8 Å². The molecule has 0 spiro atoms. The average Bonchev–Trinajstić information content (AvgIpc) is 2.34. The fourth-order valence-electron chi connectivity index (χ4n) is 0.364. The van der Waals surface area contributed by atoms with Crippen LogP contribution in [-0.4, -0.2) is 20.2 Å². The fraction of sp³-hybridized carbons (Fsp3) is 0.250. The number of hydrogen-bond acceptors (Lipinski definition) is 3. The van der Waals surface area contributed by atoms with E-state index in [9.17, 15) is 0 Å². The van der Waals surface area contributed by atoms with Crippen molar-refractivity contribution in [2.75, 3.05) is 0 Å². The highest BCUT2D eigenvalue weighted by atomic mass is 127. The van der Waals surface area contributed by atoms with E-state index in [1.54, 1.807) is 4.68 Å². The summed E-state index contributed by atoms with van der Waals surface area (Å²) in [6.45, 7) is 0.565. The third-order valence-electron chi connectivity index (χ3n) is 0.699. The molecule has 1 aromatic heterocycles. The van der Waals surface area contributed by atoms with Crippen molar-refractivity contribution in [3.05, 3.63) is 6.33 Å². The van der Waals surface area contributed by atoms with Gasteiger partial charge in [-0.2, -0.15) is 0 Å². The summed E-state index contributed by atoms with van der Waals surface area (Å²) in [6, 6.07) is 0. The van der Waals surface area contributed by atoms with Crippen LogP contribution in [0.3, 0.4) is 0 Å². The van der Waals surface area contributed by atoms with Crippen molar-refractivity contribution in [3.63, 3.8) is 0 Å². The maximum absolute atomic E-state index is 3.60. The van der Waals surface area contributed by atoms with Crippen molar-refractivity contribution >= 4 is 22.6 Å². The maximum Gasteiger partial charge on any atom is 0.139 e. The van der Waals surface area contributed by atoms with Crippen molar-refractivity contribution in [1.29, 1.82) is 0 Å². The van der Waals surface area contributed by atoms with Crippen LogP contribution in [0.15, 0.2) is 6.33 Å². The van der Waals surface area contributed by atoms with Gasteiger partial charge in [-0.1, -0.05) is 5.92 Å². The molecule has 1 rings (SSSR count). The van der Waals surface area contributed by atoms with Gasteiger partial charge in [-0.05, 0) is 14.4 Å². The van der Waals surface area contributed by atoms with Gasteiger partial charge >= 0.3 is 0 Å². The highest BCUT2D eigenvalue weighted by Gasteiger charge is 1.83. The maximum atomic E-state index is 3.60. The molecule has 0 aliphatic carbocycles. The molecule has 0 aliphatic heterocycles. The van der Waals surface area contributed by atoms with E-state index in [1.165, 1.54) is 6.33 Å². The standard InChI is InChI=1S/C4H3IN4/c5-2-1-3-9-4-6-7-8-9/h4H,3H2. The van der Waals surface area contributed by atoms with Crippen molar-refractivity contribution in [2.45, 2.75) is 6.54 Å². The summed E-state index contributed by atoms with van der Waals surface area (Å²) in [4.78, 5) is 0. The molecule has 4 nitrogen and oxygen atoms in total. The van der Waals surface area contributed by atoms with E-state index < -0.39 is 0 Å². The van der Waals surface area contributed by atoms with Crippen LogP contribution in [0.5, 0.6) is 0 Å². The van der Waals surface area contributed by atoms with E-state index in [0.29, 0.717) is 6.54 Å². The van der Waals surface area contributed by atoms with Crippen LogP contribution in [0.2, 0.25) is 0 Å². The van der Waals surface area contributed by atoms with Gasteiger partial charge in [0.2, 0.25) is 0 Å². The number of aromatic nitrogens is 4. The van der Waals surface area contributed by atoms with E-state index in [2.05, 4.69) is 25.4 Å². The Bertz CT molecular complexity index is 218. The number of rotatable bonds is 1. The van der Waals surface area contributed by atoms with E-state index in [1.807, 2.05) is 22.6 Å². The van der Waals surface area contributed by atoms with Crippen molar-refractivity contribution in [2.24, 2.45) is 0 Å². The molecule has 1 heterocycles. The lowest BCUT2D eigenvalue weighted by Crippen LogP contribution is -1.95. The van der Waals surface area contributed by atoms with Crippen LogP contribution in [0.4, 0.5) is 0 Å². The summed E-state index contributed by atoms with van der Waals surface area (Å²) in [7, 11) is 0. The van der Waals surface area contributed by atoms with Gasteiger partial charge in [0.05, 0.1) is 0 Å². The monoisotopic (exact) mass is 234 g/mol. The first-order valence-corrected chi connectivity index (χ1v) is 3.30. The number of halogens is 1. The van der Waals surface area contributed by atoms with Crippen LogP contribution in [-0.2, 0) is 6.54 Å². The lowest BCUT2D eigenvalue weighted by atomic mass is 10.7. The fourth-order valence-corrected chi connectivity index (χ4v) is 0.534. The van der Waals surface area contributed by atoms with Crippen molar-refractivity contribution in [3.8, 4) is 9.85 Å². The summed E-state index contributed by atoms with van der Waals surface area (Å²) in [5.41, 5.74) is 0. The third kappa shape index (κ3) is 1.97. The van der Waals surface area contributed by atoms with Crippen LogP contribution >= 0.6 is 22.6 Å². The molecular formula is C4H3IN4. The second kappa shape index (κ2) is 3.40. The van der Waals surface area contributed by atoms with Gasteiger partial charge in [-0.25, -0.2) is 4.68 Å². The molecule has 0 amide bonds. The van der Waals surface area contributed by atoms with Crippen molar-refractivity contribution in [1.82, 2.24) is 20.2 Å². The van der Waals surface area contributed by atoms with E-state index >= 15 is 0 Å². The summed E-state index contributed by atoms with van der Waals surface area (Å²) in [6.07, 6.45) is 1.53. The predicted molar refractivity (Wildman–Crippen MR) is 39.6 cm³/mol. The molecule has 1 aromatic rings. The van der Waals surface area contributed by atoms with E-state index in [0.717, 1.165) is 0 Å². The van der Waals surface area contributed by atoms with Crippen LogP contribution in [0.1, 0.15) is 0 Å². The van der Waals surface area contributed by atoms with Gasteiger partial charge in [-0.3, -0.25) is 0 Å². The number of tetrazole rings is 1. The quantitative estimate of drug-likeness (QED) is 0.510. The van der Waals surface area contributed by atoms with Gasteiger partial charge in [0.15, 0.2) is 0 Å². The minimum atomic E-state index is 0.565. The SMILES string of the molecule is IC#CCn1cnnn1. The Kier molecular flexibility index (Phi) is 2.45. The second-order valence-electron chi connectivity index (χ2n) is 1.28. The van der Waals surface area contributed by atoms with E-state index in [4.69, 9.17) is 0 Å². The van der Waals surface area contributed by atoms with E-state index in [-0.39, 0.29) is 0 Å². The van der Waals surface area contributed by atoms with Gasteiger partial charge in [0.25, 0.3) is 0 Å². The van der Waals surface area contributed by atoms with Crippen LogP contribution in [0, 0.1) is 9.85 Å².